The Morgan fingerprint density at radius 3 is 1.27 bits per heavy atom. The van der Waals surface area contributed by atoms with Gasteiger partial charge in [-0.3, -0.25) is 21.4 Å². The lowest BCUT2D eigenvalue weighted by Crippen LogP contribution is -2.57. The van der Waals surface area contributed by atoms with Crippen LogP contribution >= 0.6 is 0 Å². The van der Waals surface area contributed by atoms with Crippen molar-refractivity contribution in [3.63, 3.8) is 0 Å². The molecule has 0 aromatic carbocycles. The molecule has 30 heavy (non-hydrogen) atoms. The summed E-state index contributed by atoms with van der Waals surface area (Å²) in [5.74, 6) is -4.98. The smallest absolute Gasteiger partial charge is 0.420 e. The standard InChI is InChI=1S/C16H12F6N4O4/c17-15(18,19)13(23,9-5-1-3-7-25-9)29-11(27)12(28)30-14(24,16(20,21)22)10-6-2-4-8-26-10/h1-8H,23-24H2. The molecule has 14 heteroatoms. The molecule has 2 aromatic rings. The Balaban J connectivity index is 2.35. The number of hydrogen-bond acceptors (Lipinski definition) is 8. The SMILES string of the molecule is NC(OC(=O)C(=O)OC(N)(c1ccccn1)C(F)(F)F)(c1ccccn1)C(F)(F)F. The summed E-state index contributed by atoms with van der Waals surface area (Å²) in [4.78, 5) is 30.3. The number of halogens is 6. The van der Waals surface area contributed by atoms with E-state index < -0.39 is 47.1 Å². The predicted octanol–water partition coefficient (Wildman–Crippen LogP) is 1.61. The fourth-order valence-corrected chi connectivity index (χ4v) is 2.05. The Labute approximate surface area is 163 Å². The molecule has 0 spiro atoms. The van der Waals surface area contributed by atoms with Crippen molar-refractivity contribution in [2.24, 2.45) is 11.5 Å². The number of nitrogens with zero attached hydrogens (tertiary/aromatic N) is 2. The second kappa shape index (κ2) is 7.87. The van der Waals surface area contributed by atoms with E-state index in [9.17, 15) is 35.9 Å². The van der Waals surface area contributed by atoms with Crippen molar-refractivity contribution in [2.75, 3.05) is 0 Å². The highest BCUT2D eigenvalue weighted by Gasteiger charge is 2.61. The lowest BCUT2D eigenvalue weighted by atomic mass is 10.1. The Bertz CT molecular complexity index is 834. The van der Waals surface area contributed by atoms with Crippen LogP contribution in [0.4, 0.5) is 26.3 Å². The van der Waals surface area contributed by atoms with Crippen LogP contribution in [0.5, 0.6) is 0 Å². The minimum atomic E-state index is -5.50. The summed E-state index contributed by atoms with van der Waals surface area (Å²) in [6, 6.07) is 6.02. The molecule has 0 aliphatic carbocycles. The second-order valence-corrected chi connectivity index (χ2v) is 5.68. The van der Waals surface area contributed by atoms with Gasteiger partial charge in [-0.25, -0.2) is 9.59 Å². The van der Waals surface area contributed by atoms with Gasteiger partial charge in [0, 0.05) is 12.4 Å². The quantitative estimate of drug-likeness (QED) is 0.319. The average Bonchev–Trinajstić information content (AvgIpc) is 2.67. The van der Waals surface area contributed by atoms with E-state index in [1.54, 1.807) is 0 Å². The number of ether oxygens (including phenoxy) is 2. The molecule has 0 aliphatic heterocycles. The van der Waals surface area contributed by atoms with Gasteiger partial charge >= 0.3 is 35.7 Å². The summed E-state index contributed by atoms with van der Waals surface area (Å²) in [6.07, 6.45) is -9.24. The van der Waals surface area contributed by atoms with Gasteiger partial charge in [0.1, 0.15) is 11.4 Å². The van der Waals surface area contributed by atoms with Gasteiger partial charge in [0.25, 0.3) is 0 Å². The summed E-state index contributed by atoms with van der Waals surface area (Å²) in [7, 11) is 0. The highest BCUT2D eigenvalue weighted by atomic mass is 19.4. The van der Waals surface area contributed by atoms with Crippen molar-refractivity contribution in [1.82, 2.24) is 9.97 Å². The van der Waals surface area contributed by atoms with Crippen LogP contribution in [0.1, 0.15) is 11.4 Å². The normalized spacial score (nSPS) is 16.1. The number of alkyl halides is 6. The van der Waals surface area contributed by atoms with Crippen molar-refractivity contribution in [3.05, 3.63) is 60.2 Å². The third-order valence-electron chi connectivity index (χ3n) is 3.61. The second-order valence-electron chi connectivity index (χ2n) is 5.68. The minimum absolute atomic E-state index is 0.725. The minimum Gasteiger partial charge on any atom is -0.420 e. The van der Waals surface area contributed by atoms with E-state index in [1.807, 2.05) is 0 Å². The highest BCUT2D eigenvalue weighted by molar-refractivity contribution is 6.29. The number of nitrogens with two attached hydrogens (primary N) is 2. The molecule has 2 atom stereocenters. The van der Waals surface area contributed by atoms with E-state index in [0.29, 0.717) is 0 Å². The van der Waals surface area contributed by atoms with Crippen LogP contribution in [0, 0.1) is 0 Å². The molecule has 0 bridgehead atoms. The zero-order valence-electron chi connectivity index (χ0n) is 14.6. The fraction of sp³-hybridized carbons (Fsp3) is 0.250. The fourth-order valence-electron chi connectivity index (χ4n) is 2.05. The van der Waals surface area contributed by atoms with Gasteiger partial charge in [-0.1, -0.05) is 12.1 Å². The molecule has 0 radical (unpaired) electrons. The first-order valence-corrected chi connectivity index (χ1v) is 7.73. The summed E-state index contributed by atoms with van der Waals surface area (Å²) < 4.78 is 88.3. The Morgan fingerprint density at radius 2 is 1.03 bits per heavy atom. The molecule has 0 saturated carbocycles. The Kier molecular flexibility index (Phi) is 6.04. The van der Waals surface area contributed by atoms with Gasteiger partial charge in [-0.2, -0.15) is 26.3 Å². The summed E-state index contributed by atoms with van der Waals surface area (Å²) >= 11 is 0. The monoisotopic (exact) mass is 438 g/mol. The molecule has 0 saturated heterocycles. The lowest BCUT2D eigenvalue weighted by Gasteiger charge is -2.32. The molecule has 8 nitrogen and oxygen atoms in total. The Hall–Kier alpha value is -3.26. The molecule has 2 rings (SSSR count). The van der Waals surface area contributed by atoms with Crippen molar-refractivity contribution in [1.29, 1.82) is 0 Å². The van der Waals surface area contributed by atoms with E-state index in [2.05, 4.69) is 19.4 Å². The molecule has 2 aromatic heterocycles. The van der Waals surface area contributed by atoms with Gasteiger partial charge < -0.3 is 9.47 Å². The van der Waals surface area contributed by atoms with E-state index >= 15 is 0 Å². The number of pyridine rings is 2. The van der Waals surface area contributed by atoms with Crippen molar-refractivity contribution >= 4 is 11.9 Å². The molecule has 2 unspecified atom stereocenters. The first-order valence-electron chi connectivity index (χ1n) is 7.73. The maximum atomic E-state index is 13.4. The number of carbonyl (C=O) groups is 2. The van der Waals surface area contributed by atoms with Gasteiger partial charge in [-0.05, 0) is 24.3 Å². The van der Waals surface area contributed by atoms with Gasteiger partial charge in [0.15, 0.2) is 0 Å². The lowest BCUT2D eigenvalue weighted by molar-refractivity contribution is -0.287. The van der Waals surface area contributed by atoms with Crippen molar-refractivity contribution < 1.29 is 45.4 Å². The van der Waals surface area contributed by atoms with E-state index in [0.717, 1.165) is 36.7 Å². The zero-order valence-corrected chi connectivity index (χ0v) is 14.6. The molecule has 0 amide bonds. The molecule has 2 heterocycles. The molecular weight excluding hydrogens is 426 g/mol. The average molecular weight is 438 g/mol. The van der Waals surface area contributed by atoms with Crippen LogP contribution in [-0.4, -0.2) is 34.3 Å². The first kappa shape index (κ1) is 23.0. The van der Waals surface area contributed by atoms with Crippen LogP contribution in [0.15, 0.2) is 48.8 Å². The first-order chi connectivity index (χ1) is 13.7. The Morgan fingerprint density at radius 1 is 0.700 bits per heavy atom. The topological polar surface area (TPSA) is 130 Å². The highest BCUT2D eigenvalue weighted by Crippen LogP contribution is 2.39. The molecule has 0 aliphatic rings. The molecule has 0 fully saturated rings. The summed E-state index contributed by atoms with van der Waals surface area (Å²) in [5, 5.41) is 0. The maximum Gasteiger partial charge on any atom is 0.449 e. The van der Waals surface area contributed by atoms with Gasteiger partial charge in [-0.15, -0.1) is 0 Å². The number of rotatable bonds is 4. The van der Waals surface area contributed by atoms with Crippen LogP contribution in [-0.2, 0) is 30.5 Å². The van der Waals surface area contributed by atoms with E-state index in [-0.39, 0.29) is 0 Å². The van der Waals surface area contributed by atoms with E-state index in [4.69, 9.17) is 11.5 Å². The van der Waals surface area contributed by atoms with Gasteiger partial charge in [0.2, 0.25) is 0 Å². The largest absolute Gasteiger partial charge is 0.449 e. The summed E-state index contributed by atoms with van der Waals surface area (Å²) in [6.45, 7) is 0. The van der Waals surface area contributed by atoms with Crippen LogP contribution in [0.3, 0.4) is 0 Å². The maximum absolute atomic E-state index is 13.4. The van der Waals surface area contributed by atoms with Crippen LogP contribution in [0.25, 0.3) is 0 Å². The zero-order chi connectivity index (χ0) is 22.8. The van der Waals surface area contributed by atoms with Crippen LogP contribution < -0.4 is 11.5 Å². The van der Waals surface area contributed by atoms with Gasteiger partial charge in [0.05, 0.1) is 0 Å². The number of esters is 2. The third-order valence-corrected chi connectivity index (χ3v) is 3.61. The number of hydrogen-bond donors (Lipinski definition) is 2. The molecule has 4 N–H and O–H groups in total. The molecular formula is C16H12F6N4O4. The molecule has 162 valence electrons. The number of aromatic nitrogens is 2. The van der Waals surface area contributed by atoms with Crippen molar-refractivity contribution in [3.8, 4) is 0 Å². The third kappa shape index (κ3) is 4.33. The predicted molar refractivity (Wildman–Crippen MR) is 84.5 cm³/mol. The summed E-state index contributed by atoms with van der Waals surface area (Å²) in [5.41, 5.74) is 0.190. The van der Waals surface area contributed by atoms with Crippen LogP contribution in [0.2, 0.25) is 0 Å². The number of carbonyl (C=O) groups excluding carboxylic acids is 2. The van der Waals surface area contributed by atoms with E-state index in [1.165, 1.54) is 12.1 Å². The van der Waals surface area contributed by atoms with Crippen molar-refractivity contribution in [2.45, 2.75) is 23.8 Å².